The molecule has 0 aliphatic heterocycles. The van der Waals surface area contributed by atoms with Crippen molar-refractivity contribution in [3.8, 4) is 0 Å². The van der Waals surface area contributed by atoms with Gasteiger partial charge in [0.1, 0.15) is 0 Å². The Morgan fingerprint density at radius 3 is 2.67 bits per heavy atom. The first-order valence-corrected chi connectivity index (χ1v) is 6.61. The number of fused-ring (bicyclic) bond motifs is 1. The molecule has 1 aromatic carbocycles. The summed E-state index contributed by atoms with van der Waals surface area (Å²) in [4.78, 5) is 4.48. The molecule has 1 heterocycles. The van der Waals surface area contributed by atoms with Crippen LogP contribution in [-0.2, 0) is 5.60 Å². The second-order valence-corrected chi connectivity index (χ2v) is 6.01. The molecule has 1 atom stereocenters. The first kappa shape index (κ1) is 11.7. The smallest absolute Gasteiger partial charge is 0.0962 e. The number of hydrogen-bond acceptors (Lipinski definition) is 2. The zero-order valence-corrected chi connectivity index (χ0v) is 11.0. The third-order valence-corrected chi connectivity index (χ3v) is 4.53. The molecule has 0 amide bonds. The van der Waals surface area contributed by atoms with Crippen LogP contribution in [0.3, 0.4) is 0 Å². The van der Waals surface area contributed by atoms with Gasteiger partial charge in [0.05, 0.1) is 11.1 Å². The molecule has 0 radical (unpaired) electrons. The van der Waals surface area contributed by atoms with Crippen LogP contribution in [0.25, 0.3) is 10.9 Å². The summed E-state index contributed by atoms with van der Waals surface area (Å²) < 4.78 is 0. The lowest BCUT2D eigenvalue weighted by atomic mass is 9.74. The molecule has 2 nitrogen and oxygen atoms in total. The van der Waals surface area contributed by atoms with Crippen LogP contribution in [0.1, 0.15) is 38.7 Å². The molecule has 18 heavy (non-hydrogen) atoms. The Labute approximate surface area is 108 Å². The first-order valence-electron chi connectivity index (χ1n) is 6.61. The molecule has 1 N–H and O–H groups in total. The number of hydrogen-bond donors (Lipinski definition) is 1. The highest BCUT2D eigenvalue weighted by molar-refractivity contribution is 5.79. The molecule has 0 saturated heterocycles. The average molecular weight is 241 g/mol. The highest BCUT2D eigenvalue weighted by Gasteiger charge is 2.48. The van der Waals surface area contributed by atoms with E-state index in [9.17, 15) is 5.11 Å². The molecule has 1 unspecified atom stereocenters. The largest absolute Gasteiger partial charge is 0.385 e. The van der Waals surface area contributed by atoms with Gasteiger partial charge in [0.15, 0.2) is 0 Å². The topological polar surface area (TPSA) is 33.1 Å². The summed E-state index contributed by atoms with van der Waals surface area (Å²) in [5, 5.41) is 12.1. The Balaban J connectivity index is 2.14. The van der Waals surface area contributed by atoms with Crippen molar-refractivity contribution in [2.45, 2.75) is 38.7 Å². The van der Waals surface area contributed by atoms with E-state index in [2.05, 4.69) is 31.0 Å². The van der Waals surface area contributed by atoms with Crippen molar-refractivity contribution < 1.29 is 5.11 Å². The molecule has 2 heteroatoms. The quantitative estimate of drug-likeness (QED) is 0.827. The van der Waals surface area contributed by atoms with Crippen molar-refractivity contribution in [3.05, 3.63) is 42.1 Å². The van der Waals surface area contributed by atoms with E-state index in [-0.39, 0.29) is 5.41 Å². The van der Waals surface area contributed by atoms with Crippen molar-refractivity contribution in [2.24, 2.45) is 5.41 Å². The lowest BCUT2D eigenvalue weighted by Crippen LogP contribution is -2.37. The number of aromatic nitrogens is 1. The standard InChI is InChI=1S/C16H19NO/c1-15(2)8-5-9-16(15,18)13-10-12-6-3-4-7-14(12)17-11-13/h3-4,6-7,10-11,18H,5,8-9H2,1-2H3. The summed E-state index contributed by atoms with van der Waals surface area (Å²) in [6.07, 6.45) is 4.82. The Bertz CT molecular complexity index is 590. The van der Waals surface area contributed by atoms with E-state index >= 15 is 0 Å². The SMILES string of the molecule is CC1(C)CCCC1(O)c1cnc2ccccc2c1. The molecule has 1 saturated carbocycles. The minimum atomic E-state index is -0.732. The lowest BCUT2D eigenvalue weighted by molar-refractivity contribution is -0.0486. The summed E-state index contributed by atoms with van der Waals surface area (Å²) in [5.74, 6) is 0. The van der Waals surface area contributed by atoms with Gasteiger partial charge in [0.25, 0.3) is 0 Å². The number of aliphatic hydroxyl groups is 1. The number of rotatable bonds is 1. The predicted octanol–water partition coefficient (Wildman–Crippen LogP) is 3.63. The van der Waals surface area contributed by atoms with Crippen LogP contribution in [0.4, 0.5) is 0 Å². The van der Waals surface area contributed by atoms with Gasteiger partial charge in [-0.3, -0.25) is 4.98 Å². The van der Waals surface area contributed by atoms with Crippen LogP contribution < -0.4 is 0 Å². The van der Waals surface area contributed by atoms with E-state index < -0.39 is 5.60 Å². The Hall–Kier alpha value is -1.41. The van der Waals surface area contributed by atoms with Gasteiger partial charge in [-0.15, -0.1) is 0 Å². The van der Waals surface area contributed by atoms with E-state index in [0.29, 0.717) is 0 Å². The van der Waals surface area contributed by atoms with Gasteiger partial charge in [0.2, 0.25) is 0 Å². The van der Waals surface area contributed by atoms with Gasteiger partial charge >= 0.3 is 0 Å². The van der Waals surface area contributed by atoms with Crippen molar-refractivity contribution in [3.63, 3.8) is 0 Å². The minimum Gasteiger partial charge on any atom is -0.385 e. The van der Waals surface area contributed by atoms with E-state index in [0.717, 1.165) is 35.7 Å². The monoisotopic (exact) mass is 241 g/mol. The van der Waals surface area contributed by atoms with Crippen LogP contribution in [0.15, 0.2) is 36.5 Å². The van der Waals surface area contributed by atoms with E-state index in [1.165, 1.54) is 0 Å². The summed E-state index contributed by atoms with van der Waals surface area (Å²) in [7, 11) is 0. The number of benzene rings is 1. The van der Waals surface area contributed by atoms with Crippen molar-refractivity contribution in [1.29, 1.82) is 0 Å². The molecule has 1 aliphatic rings. The highest BCUT2D eigenvalue weighted by atomic mass is 16.3. The van der Waals surface area contributed by atoms with E-state index in [4.69, 9.17) is 0 Å². The molecule has 94 valence electrons. The third kappa shape index (κ3) is 1.56. The molecule has 1 aliphatic carbocycles. The van der Waals surface area contributed by atoms with Crippen LogP contribution in [0.5, 0.6) is 0 Å². The zero-order chi connectivity index (χ0) is 12.8. The first-order chi connectivity index (χ1) is 8.53. The van der Waals surface area contributed by atoms with Gasteiger partial charge in [-0.2, -0.15) is 0 Å². The molecule has 3 rings (SSSR count). The van der Waals surface area contributed by atoms with Crippen molar-refractivity contribution in [2.75, 3.05) is 0 Å². The second-order valence-electron chi connectivity index (χ2n) is 6.01. The van der Waals surface area contributed by atoms with Crippen LogP contribution in [0, 0.1) is 5.41 Å². The van der Waals surface area contributed by atoms with Gasteiger partial charge in [-0.25, -0.2) is 0 Å². The molecule has 2 aromatic rings. The van der Waals surface area contributed by atoms with E-state index in [1.807, 2.05) is 24.4 Å². The molecule has 0 bridgehead atoms. The molecule has 1 aromatic heterocycles. The zero-order valence-electron chi connectivity index (χ0n) is 11.0. The molecule has 0 spiro atoms. The summed E-state index contributed by atoms with van der Waals surface area (Å²) in [6, 6.07) is 10.1. The maximum absolute atomic E-state index is 11.0. The van der Waals surface area contributed by atoms with Crippen LogP contribution in [0.2, 0.25) is 0 Å². The number of para-hydroxylation sites is 1. The van der Waals surface area contributed by atoms with Gasteiger partial charge in [-0.05, 0) is 36.8 Å². The summed E-state index contributed by atoms with van der Waals surface area (Å²) in [6.45, 7) is 4.30. The van der Waals surface area contributed by atoms with Crippen LogP contribution in [-0.4, -0.2) is 10.1 Å². The Morgan fingerprint density at radius 1 is 1.17 bits per heavy atom. The second kappa shape index (κ2) is 3.79. The molecular formula is C16H19NO. The fraction of sp³-hybridized carbons (Fsp3) is 0.438. The fourth-order valence-electron chi connectivity index (χ4n) is 3.16. The maximum Gasteiger partial charge on any atom is 0.0962 e. The summed E-state index contributed by atoms with van der Waals surface area (Å²) in [5.41, 5.74) is 1.14. The van der Waals surface area contributed by atoms with E-state index in [1.54, 1.807) is 0 Å². The number of nitrogens with zero attached hydrogens (tertiary/aromatic N) is 1. The average Bonchev–Trinajstić information content (AvgIpc) is 2.64. The molecular weight excluding hydrogens is 222 g/mol. The molecule has 1 fully saturated rings. The lowest BCUT2D eigenvalue weighted by Gasteiger charge is -2.37. The number of pyridine rings is 1. The maximum atomic E-state index is 11.0. The Kier molecular flexibility index (Phi) is 2.46. The van der Waals surface area contributed by atoms with Gasteiger partial charge in [0, 0.05) is 17.1 Å². The van der Waals surface area contributed by atoms with Gasteiger partial charge in [-0.1, -0.05) is 32.0 Å². The minimum absolute atomic E-state index is 0.0723. The van der Waals surface area contributed by atoms with Crippen molar-refractivity contribution in [1.82, 2.24) is 4.98 Å². The fourth-order valence-corrected chi connectivity index (χ4v) is 3.16. The Morgan fingerprint density at radius 2 is 1.94 bits per heavy atom. The highest BCUT2D eigenvalue weighted by Crippen LogP contribution is 2.52. The van der Waals surface area contributed by atoms with Crippen LogP contribution >= 0.6 is 0 Å². The normalized spacial score (nSPS) is 26.6. The third-order valence-electron chi connectivity index (χ3n) is 4.53. The van der Waals surface area contributed by atoms with Gasteiger partial charge < -0.3 is 5.11 Å². The summed E-state index contributed by atoms with van der Waals surface area (Å²) >= 11 is 0. The van der Waals surface area contributed by atoms with Crippen molar-refractivity contribution >= 4 is 10.9 Å². The predicted molar refractivity (Wildman–Crippen MR) is 73.3 cm³/mol.